The van der Waals surface area contributed by atoms with Crippen molar-refractivity contribution in [3.05, 3.63) is 64.7 Å². The molecule has 0 aliphatic heterocycles. The SMILES string of the molecule is CCc1ccc(-c2cccc3c2C=C(CC2(C)CCCCC2)[CH]3[Zr])cc1. The summed E-state index contributed by atoms with van der Waals surface area (Å²) in [6.45, 7) is 4.75. The molecule has 0 bridgehead atoms. The monoisotopic (exact) mass is 419 g/mol. The van der Waals surface area contributed by atoms with Crippen molar-refractivity contribution >= 4 is 6.08 Å². The number of hydrogen-bond acceptors (Lipinski definition) is 0. The molecule has 4 rings (SSSR count). The van der Waals surface area contributed by atoms with E-state index >= 15 is 0 Å². The van der Waals surface area contributed by atoms with Crippen LogP contribution in [-0.4, -0.2) is 0 Å². The van der Waals surface area contributed by atoms with Crippen LogP contribution in [0.25, 0.3) is 17.2 Å². The van der Waals surface area contributed by atoms with E-state index in [0.717, 1.165) is 6.42 Å². The zero-order valence-electron chi connectivity index (χ0n) is 16.1. The van der Waals surface area contributed by atoms with E-state index in [4.69, 9.17) is 0 Å². The number of rotatable bonds is 4. The minimum atomic E-state index is 0.532. The van der Waals surface area contributed by atoms with E-state index in [9.17, 15) is 0 Å². The van der Waals surface area contributed by atoms with Gasteiger partial charge in [-0.25, -0.2) is 0 Å². The predicted molar refractivity (Wildman–Crippen MR) is 108 cm³/mol. The van der Waals surface area contributed by atoms with Crippen LogP contribution in [0.1, 0.15) is 72.7 Å². The van der Waals surface area contributed by atoms with E-state index in [1.165, 1.54) is 60.8 Å². The molecular weight excluding hydrogens is 391 g/mol. The summed E-state index contributed by atoms with van der Waals surface area (Å²) in [5.74, 6) is 0. The zero-order chi connectivity index (χ0) is 18.1. The molecule has 0 spiro atoms. The molecule has 133 valence electrons. The second-order valence-corrected chi connectivity index (χ2v) is 9.98. The molecule has 1 saturated carbocycles. The second kappa shape index (κ2) is 7.59. The molecule has 1 unspecified atom stereocenters. The fraction of sp³-hybridized carbons (Fsp3) is 0.440. The van der Waals surface area contributed by atoms with Gasteiger partial charge in [0, 0.05) is 0 Å². The molecule has 1 heteroatoms. The number of aryl methyl sites for hydroxylation is 1. The molecule has 1 atom stereocenters. The van der Waals surface area contributed by atoms with Crippen LogP contribution in [0.2, 0.25) is 0 Å². The van der Waals surface area contributed by atoms with Crippen LogP contribution in [0.5, 0.6) is 0 Å². The van der Waals surface area contributed by atoms with Crippen LogP contribution in [0.4, 0.5) is 0 Å². The Kier molecular flexibility index (Phi) is 5.38. The number of hydrogen-bond donors (Lipinski definition) is 0. The van der Waals surface area contributed by atoms with E-state index in [1.807, 2.05) is 0 Å². The van der Waals surface area contributed by atoms with Gasteiger partial charge in [-0.2, -0.15) is 0 Å². The molecule has 0 heterocycles. The summed E-state index contributed by atoms with van der Waals surface area (Å²) in [5.41, 5.74) is 9.48. The first-order chi connectivity index (χ1) is 12.6. The van der Waals surface area contributed by atoms with E-state index in [2.05, 4.69) is 62.4 Å². The summed E-state index contributed by atoms with van der Waals surface area (Å²) in [4.78, 5) is 0. The Balaban J connectivity index is 1.67. The fourth-order valence-electron chi connectivity index (χ4n) is 4.86. The summed E-state index contributed by atoms with van der Waals surface area (Å²) in [6.07, 6.45) is 12.1. The first-order valence-electron chi connectivity index (χ1n) is 10.2. The molecular formula is C25H29Zr. The Morgan fingerprint density at radius 1 is 1.00 bits per heavy atom. The summed E-state index contributed by atoms with van der Waals surface area (Å²) < 4.78 is 0.658. The van der Waals surface area contributed by atoms with Crippen LogP contribution < -0.4 is 0 Å². The first-order valence-corrected chi connectivity index (χ1v) is 11.7. The molecule has 0 amide bonds. The van der Waals surface area contributed by atoms with Gasteiger partial charge in [-0.05, 0) is 0 Å². The van der Waals surface area contributed by atoms with Crippen molar-refractivity contribution in [2.45, 2.75) is 62.4 Å². The molecule has 1 fully saturated rings. The molecule has 2 aliphatic carbocycles. The van der Waals surface area contributed by atoms with E-state index in [0.29, 0.717) is 9.04 Å². The quantitative estimate of drug-likeness (QED) is 0.488. The number of allylic oxidation sites excluding steroid dienone is 1. The maximum atomic E-state index is 2.55. The molecule has 2 aromatic carbocycles. The van der Waals surface area contributed by atoms with E-state index < -0.39 is 0 Å². The molecule has 0 N–H and O–H groups in total. The third kappa shape index (κ3) is 3.57. The molecule has 0 aromatic heterocycles. The van der Waals surface area contributed by atoms with Gasteiger partial charge in [-0.1, -0.05) is 0 Å². The van der Waals surface area contributed by atoms with Crippen LogP contribution in [0.3, 0.4) is 0 Å². The molecule has 26 heavy (non-hydrogen) atoms. The standard InChI is InChI=1S/C25H29.Zr/c1-3-19-10-12-21(13-11-19)23-9-7-8-22-16-20(17-24(22)23)18-25(2)14-5-4-6-15-25;/h7-13,16-17H,3-6,14-15,18H2,1-2H3;. The van der Waals surface area contributed by atoms with Crippen molar-refractivity contribution in [1.29, 1.82) is 0 Å². The number of benzene rings is 2. The topological polar surface area (TPSA) is 0 Å². The third-order valence-electron chi connectivity index (χ3n) is 6.52. The van der Waals surface area contributed by atoms with Gasteiger partial charge >= 0.3 is 174 Å². The van der Waals surface area contributed by atoms with E-state index in [-0.39, 0.29) is 0 Å². The van der Waals surface area contributed by atoms with Crippen molar-refractivity contribution in [3.8, 4) is 11.1 Å². The molecule has 2 aromatic rings. The van der Waals surface area contributed by atoms with Gasteiger partial charge in [-0.15, -0.1) is 0 Å². The predicted octanol–water partition coefficient (Wildman–Crippen LogP) is 7.26. The summed E-state index contributed by atoms with van der Waals surface area (Å²) in [7, 11) is 0. The first kappa shape index (κ1) is 18.4. The molecule has 0 saturated heterocycles. The van der Waals surface area contributed by atoms with Crippen molar-refractivity contribution in [2.75, 3.05) is 0 Å². The Hall–Kier alpha value is -0.937. The fourth-order valence-corrected chi connectivity index (χ4v) is 5.94. The Morgan fingerprint density at radius 2 is 1.73 bits per heavy atom. The average molecular weight is 421 g/mol. The second-order valence-electron chi connectivity index (χ2n) is 8.56. The van der Waals surface area contributed by atoms with Crippen LogP contribution in [0.15, 0.2) is 48.0 Å². The molecule has 0 nitrogen and oxygen atoms in total. The van der Waals surface area contributed by atoms with Gasteiger partial charge in [0.1, 0.15) is 0 Å². The van der Waals surface area contributed by atoms with Crippen molar-refractivity contribution in [3.63, 3.8) is 0 Å². The van der Waals surface area contributed by atoms with Crippen molar-refractivity contribution in [2.24, 2.45) is 5.41 Å². The summed E-state index contributed by atoms with van der Waals surface area (Å²) in [5, 5.41) is 0. The average Bonchev–Trinajstić information content (AvgIpc) is 2.98. The van der Waals surface area contributed by atoms with Gasteiger partial charge in [0.15, 0.2) is 0 Å². The van der Waals surface area contributed by atoms with Gasteiger partial charge in [0.05, 0.1) is 0 Å². The van der Waals surface area contributed by atoms with Gasteiger partial charge < -0.3 is 0 Å². The van der Waals surface area contributed by atoms with Crippen LogP contribution in [0, 0.1) is 5.41 Å². The minimum absolute atomic E-state index is 0.532. The summed E-state index contributed by atoms with van der Waals surface area (Å²) >= 11 is 1.64. The zero-order valence-corrected chi connectivity index (χ0v) is 18.6. The Labute approximate surface area is 174 Å². The van der Waals surface area contributed by atoms with E-state index in [1.54, 1.807) is 35.9 Å². The van der Waals surface area contributed by atoms with Crippen molar-refractivity contribution < 1.29 is 24.7 Å². The maximum absolute atomic E-state index is 2.55. The molecule has 2 aliphatic rings. The van der Waals surface area contributed by atoms with Gasteiger partial charge in [0.2, 0.25) is 0 Å². The Morgan fingerprint density at radius 3 is 2.42 bits per heavy atom. The van der Waals surface area contributed by atoms with Gasteiger partial charge in [0.25, 0.3) is 0 Å². The van der Waals surface area contributed by atoms with Crippen LogP contribution >= 0.6 is 0 Å². The van der Waals surface area contributed by atoms with Crippen LogP contribution in [-0.2, 0) is 31.1 Å². The molecule has 0 radical (unpaired) electrons. The Bertz CT molecular complexity index is 807. The third-order valence-corrected chi connectivity index (χ3v) is 8.19. The summed E-state index contributed by atoms with van der Waals surface area (Å²) in [6, 6.07) is 16.1. The van der Waals surface area contributed by atoms with Gasteiger partial charge in [-0.3, -0.25) is 0 Å². The normalized spacial score (nSPS) is 21.3. The van der Waals surface area contributed by atoms with Crippen molar-refractivity contribution in [1.82, 2.24) is 0 Å². The number of fused-ring (bicyclic) bond motifs is 1.